The lowest BCUT2D eigenvalue weighted by molar-refractivity contribution is 0.0689. The molecule has 7 heteroatoms. The van der Waals surface area contributed by atoms with E-state index in [1.54, 1.807) is 0 Å². The smallest absolute Gasteiger partial charge is 0.356 e. The molecule has 0 saturated heterocycles. The van der Waals surface area contributed by atoms with E-state index < -0.39 is 11.8 Å². The third-order valence-electron chi connectivity index (χ3n) is 2.08. The van der Waals surface area contributed by atoms with Crippen molar-refractivity contribution in [3.05, 3.63) is 46.9 Å². The summed E-state index contributed by atoms with van der Waals surface area (Å²) in [5.41, 5.74) is 0.293. The minimum atomic E-state index is -1.16. The van der Waals surface area contributed by atoms with Gasteiger partial charge in [0.2, 0.25) is 0 Å². The molecule has 1 aromatic carbocycles. The molecule has 0 aliphatic carbocycles. The number of aromatic carboxylic acids is 1. The van der Waals surface area contributed by atoms with Crippen molar-refractivity contribution in [2.75, 3.05) is 5.32 Å². The average Bonchev–Trinajstić information content (AvgIpc) is 2.33. The summed E-state index contributed by atoms with van der Waals surface area (Å²) < 4.78 is 12.8. The highest BCUT2D eigenvalue weighted by Crippen LogP contribution is 2.24. The SMILES string of the molecule is O=C(O)c1ccc(Nc2ccc(F)cc2Cl)nn1. The summed E-state index contributed by atoms with van der Waals surface area (Å²) in [6, 6.07) is 6.59. The number of aromatic nitrogens is 2. The Morgan fingerprint density at radius 3 is 2.61 bits per heavy atom. The molecule has 18 heavy (non-hydrogen) atoms. The van der Waals surface area contributed by atoms with Gasteiger partial charge in [0.25, 0.3) is 0 Å². The minimum Gasteiger partial charge on any atom is -0.476 e. The third-order valence-corrected chi connectivity index (χ3v) is 2.39. The Kier molecular flexibility index (Phi) is 3.38. The molecular weight excluding hydrogens is 261 g/mol. The van der Waals surface area contributed by atoms with Crippen LogP contribution in [0.15, 0.2) is 30.3 Å². The zero-order chi connectivity index (χ0) is 13.1. The summed E-state index contributed by atoms with van der Waals surface area (Å²) in [5, 5.41) is 18.8. The van der Waals surface area contributed by atoms with Crippen LogP contribution < -0.4 is 5.32 Å². The fraction of sp³-hybridized carbons (Fsp3) is 0. The number of nitrogens with zero attached hydrogens (tertiary/aromatic N) is 2. The normalized spacial score (nSPS) is 10.1. The van der Waals surface area contributed by atoms with Crippen molar-refractivity contribution in [3.8, 4) is 0 Å². The standard InChI is InChI=1S/C11H7ClFN3O2/c12-7-5-6(13)1-2-8(7)14-10-4-3-9(11(17)18)15-16-10/h1-5H,(H,14,16)(H,17,18). The van der Waals surface area contributed by atoms with E-state index in [9.17, 15) is 9.18 Å². The summed E-state index contributed by atoms with van der Waals surface area (Å²) in [6.45, 7) is 0. The van der Waals surface area contributed by atoms with Crippen molar-refractivity contribution in [1.29, 1.82) is 0 Å². The van der Waals surface area contributed by atoms with Crippen LogP contribution in [-0.2, 0) is 0 Å². The number of anilines is 2. The molecule has 0 spiro atoms. The second-order valence-electron chi connectivity index (χ2n) is 3.36. The Hall–Kier alpha value is -2.21. The van der Waals surface area contributed by atoms with Gasteiger partial charge in [-0.05, 0) is 30.3 Å². The van der Waals surface area contributed by atoms with Crippen molar-refractivity contribution < 1.29 is 14.3 Å². The number of hydrogen-bond acceptors (Lipinski definition) is 4. The number of nitrogens with one attached hydrogen (secondary N) is 1. The number of halogens is 2. The van der Waals surface area contributed by atoms with Gasteiger partial charge < -0.3 is 10.4 Å². The van der Waals surface area contributed by atoms with Crippen LogP contribution >= 0.6 is 11.6 Å². The number of rotatable bonds is 3. The highest BCUT2D eigenvalue weighted by Gasteiger charge is 2.07. The molecule has 0 aliphatic rings. The van der Waals surface area contributed by atoms with E-state index >= 15 is 0 Å². The van der Waals surface area contributed by atoms with Crippen LogP contribution in [0.3, 0.4) is 0 Å². The van der Waals surface area contributed by atoms with Gasteiger partial charge in [-0.15, -0.1) is 10.2 Å². The quantitative estimate of drug-likeness (QED) is 0.894. The molecule has 1 aromatic heterocycles. The topological polar surface area (TPSA) is 75.1 Å². The first-order valence-corrected chi connectivity index (χ1v) is 5.23. The molecule has 0 unspecified atom stereocenters. The predicted molar refractivity (Wildman–Crippen MR) is 63.7 cm³/mol. The van der Waals surface area contributed by atoms with Gasteiger partial charge in [-0.2, -0.15) is 0 Å². The summed E-state index contributed by atoms with van der Waals surface area (Å²) in [4.78, 5) is 10.6. The van der Waals surface area contributed by atoms with Crippen molar-refractivity contribution in [3.63, 3.8) is 0 Å². The van der Waals surface area contributed by atoms with Crippen molar-refractivity contribution in [2.45, 2.75) is 0 Å². The molecule has 92 valence electrons. The van der Waals surface area contributed by atoms with Crippen LogP contribution in [0.1, 0.15) is 10.5 Å². The molecule has 0 saturated carbocycles. The van der Waals surface area contributed by atoms with E-state index in [0.29, 0.717) is 11.5 Å². The maximum absolute atomic E-state index is 12.8. The van der Waals surface area contributed by atoms with E-state index in [-0.39, 0.29) is 10.7 Å². The van der Waals surface area contributed by atoms with E-state index in [0.717, 1.165) is 6.07 Å². The monoisotopic (exact) mass is 267 g/mol. The second-order valence-corrected chi connectivity index (χ2v) is 3.77. The maximum Gasteiger partial charge on any atom is 0.356 e. The molecule has 2 N–H and O–H groups in total. The summed E-state index contributed by atoms with van der Waals surface area (Å²) in [6.07, 6.45) is 0. The molecule has 5 nitrogen and oxygen atoms in total. The largest absolute Gasteiger partial charge is 0.476 e. The van der Waals surface area contributed by atoms with E-state index in [1.165, 1.54) is 24.3 Å². The van der Waals surface area contributed by atoms with Crippen LogP contribution in [-0.4, -0.2) is 21.3 Å². The van der Waals surface area contributed by atoms with Crippen molar-refractivity contribution >= 4 is 29.1 Å². The molecular formula is C11H7ClFN3O2. The summed E-state index contributed by atoms with van der Waals surface area (Å²) >= 11 is 5.82. The fourth-order valence-electron chi connectivity index (χ4n) is 1.24. The number of benzene rings is 1. The Morgan fingerprint density at radius 1 is 1.28 bits per heavy atom. The first-order valence-electron chi connectivity index (χ1n) is 4.85. The Balaban J connectivity index is 2.21. The lowest BCUT2D eigenvalue weighted by atomic mass is 10.3. The Bertz CT molecular complexity index is 589. The Morgan fingerprint density at radius 2 is 2.06 bits per heavy atom. The molecule has 0 bridgehead atoms. The van der Waals surface area contributed by atoms with Crippen LogP contribution in [0.5, 0.6) is 0 Å². The minimum absolute atomic E-state index is 0.161. The predicted octanol–water partition coefficient (Wildman–Crippen LogP) is 2.71. The molecule has 1 heterocycles. The fourth-order valence-corrected chi connectivity index (χ4v) is 1.46. The summed E-state index contributed by atoms with van der Waals surface area (Å²) in [5.74, 6) is -1.29. The van der Waals surface area contributed by atoms with Crippen molar-refractivity contribution in [1.82, 2.24) is 10.2 Å². The third kappa shape index (κ3) is 2.72. The van der Waals surface area contributed by atoms with Gasteiger partial charge in [0, 0.05) is 0 Å². The van der Waals surface area contributed by atoms with Gasteiger partial charge in [0.05, 0.1) is 10.7 Å². The van der Waals surface area contributed by atoms with Gasteiger partial charge in [-0.3, -0.25) is 0 Å². The maximum atomic E-state index is 12.8. The molecule has 0 aliphatic heterocycles. The number of carboxylic acids is 1. The molecule has 2 rings (SSSR count). The van der Waals surface area contributed by atoms with Crippen molar-refractivity contribution in [2.24, 2.45) is 0 Å². The highest BCUT2D eigenvalue weighted by atomic mass is 35.5. The van der Waals surface area contributed by atoms with Crippen LogP contribution in [0, 0.1) is 5.82 Å². The van der Waals surface area contributed by atoms with Crippen LogP contribution in [0.2, 0.25) is 5.02 Å². The molecule has 0 radical (unpaired) electrons. The van der Waals surface area contributed by atoms with Gasteiger partial charge in [0.15, 0.2) is 11.5 Å². The number of carboxylic acid groups (broad SMARTS) is 1. The van der Waals surface area contributed by atoms with Gasteiger partial charge in [0.1, 0.15) is 5.82 Å². The van der Waals surface area contributed by atoms with Gasteiger partial charge >= 0.3 is 5.97 Å². The first kappa shape index (κ1) is 12.3. The molecule has 0 fully saturated rings. The Labute approximate surface area is 106 Å². The van der Waals surface area contributed by atoms with Crippen LogP contribution in [0.25, 0.3) is 0 Å². The lowest BCUT2D eigenvalue weighted by Crippen LogP contribution is -2.03. The van der Waals surface area contributed by atoms with Gasteiger partial charge in [-0.1, -0.05) is 11.6 Å². The zero-order valence-corrected chi connectivity index (χ0v) is 9.65. The zero-order valence-electron chi connectivity index (χ0n) is 8.89. The molecule has 0 amide bonds. The molecule has 2 aromatic rings. The van der Waals surface area contributed by atoms with E-state index in [2.05, 4.69) is 15.5 Å². The summed E-state index contributed by atoms with van der Waals surface area (Å²) in [7, 11) is 0. The number of hydrogen-bond donors (Lipinski definition) is 2. The van der Waals surface area contributed by atoms with Crippen LogP contribution in [0.4, 0.5) is 15.9 Å². The number of carbonyl (C=O) groups is 1. The first-order chi connectivity index (χ1) is 8.56. The lowest BCUT2D eigenvalue weighted by Gasteiger charge is -2.06. The second kappa shape index (κ2) is 4.97. The molecule has 0 atom stereocenters. The van der Waals surface area contributed by atoms with E-state index in [4.69, 9.17) is 16.7 Å². The average molecular weight is 268 g/mol. The highest BCUT2D eigenvalue weighted by molar-refractivity contribution is 6.33. The van der Waals surface area contributed by atoms with E-state index in [1.807, 2.05) is 0 Å². The van der Waals surface area contributed by atoms with Gasteiger partial charge in [-0.25, -0.2) is 9.18 Å².